The predicted molar refractivity (Wildman–Crippen MR) is 113 cm³/mol. The molecule has 5 nitrogen and oxygen atoms in total. The minimum absolute atomic E-state index is 0.167. The Morgan fingerprint density at radius 3 is 2.14 bits per heavy atom. The highest BCUT2D eigenvalue weighted by molar-refractivity contribution is 5.93. The van der Waals surface area contributed by atoms with Crippen LogP contribution in [0.2, 0.25) is 0 Å². The van der Waals surface area contributed by atoms with Crippen LogP contribution < -0.4 is 11.1 Å². The lowest BCUT2D eigenvalue weighted by Crippen LogP contribution is -2.44. The Hall–Kier alpha value is -3.86. The summed E-state index contributed by atoms with van der Waals surface area (Å²) in [5.41, 5.74) is 9.47. The Morgan fingerprint density at radius 1 is 0.897 bits per heavy atom. The molecule has 29 heavy (non-hydrogen) atoms. The van der Waals surface area contributed by atoms with E-state index in [-0.39, 0.29) is 12.1 Å². The van der Waals surface area contributed by atoms with Crippen LogP contribution in [-0.4, -0.2) is 16.8 Å². The number of nitrogens with two attached hydrogens (primary N) is 1. The highest BCUT2D eigenvalue weighted by atomic mass is 16.2. The third-order valence-electron chi connectivity index (χ3n) is 4.98. The molecule has 1 aliphatic heterocycles. The summed E-state index contributed by atoms with van der Waals surface area (Å²) in [6.07, 6.45) is 2.04. The number of amides is 3. The molecule has 5 heteroatoms. The molecule has 0 aromatic heterocycles. The van der Waals surface area contributed by atoms with E-state index in [4.69, 9.17) is 5.73 Å². The van der Waals surface area contributed by atoms with Gasteiger partial charge in [-0.2, -0.15) is 0 Å². The smallest absolute Gasteiger partial charge is 0.322 e. The molecule has 0 bridgehead atoms. The zero-order valence-electron chi connectivity index (χ0n) is 15.8. The van der Waals surface area contributed by atoms with E-state index in [0.717, 1.165) is 22.4 Å². The van der Waals surface area contributed by atoms with E-state index in [1.807, 2.05) is 78.9 Å². The van der Waals surface area contributed by atoms with Crippen LogP contribution in [0.3, 0.4) is 0 Å². The molecule has 0 fully saturated rings. The minimum Gasteiger partial charge on any atom is -0.366 e. The van der Waals surface area contributed by atoms with Crippen molar-refractivity contribution in [1.82, 2.24) is 10.2 Å². The summed E-state index contributed by atoms with van der Waals surface area (Å²) < 4.78 is 0. The number of carbonyl (C=O) groups excluding carboxylic acids is 2. The standard InChI is InChI=1S/C24H21N3O2/c25-23(28)20-13-11-19(12-14-20)22-15-21(18-9-5-2-6-10-18)26-24(29)27(22)16-17-7-3-1-4-8-17/h1-15,22H,16H2,(H2,25,28)(H,26,29). The zero-order chi connectivity index (χ0) is 20.2. The van der Waals surface area contributed by atoms with E-state index in [0.29, 0.717) is 12.1 Å². The second kappa shape index (κ2) is 8.02. The highest BCUT2D eigenvalue weighted by Crippen LogP contribution is 2.31. The van der Waals surface area contributed by atoms with Gasteiger partial charge in [0.2, 0.25) is 5.91 Å². The molecule has 0 radical (unpaired) electrons. The molecule has 0 saturated heterocycles. The van der Waals surface area contributed by atoms with Gasteiger partial charge in [-0.3, -0.25) is 4.79 Å². The Kier molecular flexibility index (Phi) is 5.12. The van der Waals surface area contributed by atoms with Crippen molar-refractivity contribution in [3.05, 3.63) is 113 Å². The first-order chi connectivity index (χ1) is 14.1. The largest absolute Gasteiger partial charge is 0.366 e. The minimum atomic E-state index is -0.473. The number of nitrogens with one attached hydrogen (secondary N) is 1. The summed E-state index contributed by atoms with van der Waals surface area (Å²) in [6, 6.07) is 26.3. The maximum Gasteiger partial charge on any atom is 0.322 e. The SMILES string of the molecule is NC(=O)c1ccc(C2C=C(c3ccccc3)NC(=O)N2Cc2ccccc2)cc1. The molecule has 1 unspecified atom stereocenters. The van der Waals surface area contributed by atoms with Crippen LogP contribution in [0.25, 0.3) is 5.70 Å². The van der Waals surface area contributed by atoms with E-state index in [1.54, 1.807) is 17.0 Å². The second-order valence-electron chi connectivity index (χ2n) is 6.92. The van der Waals surface area contributed by atoms with Crippen molar-refractivity contribution < 1.29 is 9.59 Å². The van der Waals surface area contributed by atoms with Crippen LogP contribution >= 0.6 is 0 Å². The molecule has 3 aromatic carbocycles. The van der Waals surface area contributed by atoms with Crippen LogP contribution in [-0.2, 0) is 6.54 Å². The Balaban J connectivity index is 1.74. The molecule has 144 valence electrons. The van der Waals surface area contributed by atoms with Crippen LogP contribution in [0.4, 0.5) is 4.79 Å². The van der Waals surface area contributed by atoms with Crippen molar-refractivity contribution in [1.29, 1.82) is 0 Å². The number of carbonyl (C=O) groups is 2. The van der Waals surface area contributed by atoms with Gasteiger partial charge in [-0.05, 0) is 34.9 Å². The number of nitrogens with zero attached hydrogens (tertiary/aromatic N) is 1. The van der Waals surface area contributed by atoms with Crippen molar-refractivity contribution in [3.63, 3.8) is 0 Å². The van der Waals surface area contributed by atoms with Gasteiger partial charge >= 0.3 is 6.03 Å². The number of benzene rings is 3. The first-order valence-electron chi connectivity index (χ1n) is 9.40. The van der Waals surface area contributed by atoms with Crippen molar-refractivity contribution in [2.45, 2.75) is 12.6 Å². The highest BCUT2D eigenvalue weighted by Gasteiger charge is 2.29. The van der Waals surface area contributed by atoms with E-state index in [2.05, 4.69) is 5.32 Å². The van der Waals surface area contributed by atoms with Crippen LogP contribution in [0, 0.1) is 0 Å². The first kappa shape index (κ1) is 18.5. The molecular weight excluding hydrogens is 362 g/mol. The lowest BCUT2D eigenvalue weighted by Gasteiger charge is -2.35. The van der Waals surface area contributed by atoms with Crippen molar-refractivity contribution in [2.75, 3.05) is 0 Å². The molecule has 4 rings (SSSR count). The van der Waals surface area contributed by atoms with Crippen molar-refractivity contribution in [2.24, 2.45) is 5.73 Å². The lowest BCUT2D eigenvalue weighted by atomic mass is 9.98. The van der Waals surface area contributed by atoms with Gasteiger partial charge in [0.15, 0.2) is 0 Å². The van der Waals surface area contributed by atoms with Crippen molar-refractivity contribution >= 4 is 17.6 Å². The average Bonchev–Trinajstić information content (AvgIpc) is 2.76. The summed E-state index contributed by atoms with van der Waals surface area (Å²) >= 11 is 0. The third kappa shape index (κ3) is 4.04. The first-order valence-corrected chi connectivity index (χ1v) is 9.40. The Bertz CT molecular complexity index is 1040. The molecule has 0 spiro atoms. The number of urea groups is 1. The number of primary amides is 1. The van der Waals surface area contributed by atoms with E-state index >= 15 is 0 Å². The van der Waals surface area contributed by atoms with Gasteiger partial charge in [0.25, 0.3) is 0 Å². The number of hydrogen-bond donors (Lipinski definition) is 2. The predicted octanol–water partition coefficient (Wildman–Crippen LogP) is 4.09. The summed E-state index contributed by atoms with van der Waals surface area (Å²) in [4.78, 5) is 26.2. The summed E-state index contributed by atoms with van der Waals surface area (Å²) in [5, 5.41) is 3.01. The summed E-state index contributed by atoms with van der Waals surface area (Å²) in [6.45, 7) is 0.466. The van der Waals surface area contributed by atoms with Crippen LogP contribution in [0.15, 0.2) is 91.0 Å². The summed E-state index contributed by atoms with van der Waals surface area (Å²) in [5.74, 6) is -0.473. The van der Waals surface area contributed by atoms with Gasteiger partial charge in [-0.15, -0.1) is 0 Å². The fourth-order valence-electron chi connectivity index (χ4n) is 3.46. The normalized spacial score (nSPS) is 16.1. The van der Waals surface area contributed by atoms with Gasteiger partial charge in [0, 0.05) is 17.8 Å². The zero-order valence-corrected chi connectivity index (χ0v) is 15.8. The Morgan fingerprint density at radius 2 is 1.52 bits per heavy atom. The fraction of sp³-hybridized carbons (Fsp3) is 0.0833. The molecule has 3 N–H and O–H groups in total. The van der Waals surface area contributed by atoms with Gasteiger partial charge < -0.3 is 16.0 Å². The maximum atomic E-state index is 13.0. The number of hydrogen-bond acceptors (Lipinski definition) is 2. The third-order valence-corrected chi connectivity index (χ3v) is 4.98. The lowest BCUT2D eigenvalue weighted by molar-refractivity contribution is 0.1000. The monoisotopic (exact) mass is 383 g/mol. The molecule has 3 amide bonds. The number of rotatable bonds is 5. The fourth-order valence-corrected chi connectivity index (χ4v) is 3.46. The Labute approximate surface area is 169 Å². The van der Waals surface area contributed by atoms with Gasteiger partial charge in [0.05, 0.1) is 6.04 Å². The maximum absolute atomic E-state index is 13.0. The van der Waals surface area contributed by atoms with Gasteiger partial charge in [0.1, 0.15) is 0 Å². The quantitative estimate of drug-likeness (QED) is 0.696. The molecule has 1 heterocycles. The van der Waals surface area contributed by atoms with Crippen molar-refractivity contribution in [3.8, 4) is 0 Å². The topological polar surface area (TPSA) is 75.4 Å². The molecule has 1 aliphatic rings. The van der Waals surface area contributed by atoms with E-state index < -0.39 is 5.91 Å². The molecule has 0 aliphatic carbocycles. The van der Waals surface area contributed by atoms with E-state index in [9.17, 15) is 9.59 Å². The molecule has 1 atom stereocenters. The molecular formula is C24H21N3O2. The summed E-state index contributed by atoms with van der Waals surface area (Å²) in [7, 11) is 0. The van der Waals surface area contributed by atoms with Gasteiger partial charge in [-0.1, -0.05) is 72.8 Å². The molecule has 0 saturated carbocycles. The average molecular weight is 383 g/mol. The van der Waals surface area contributed by atoms with Crippen LogP contribution in [0.5, 0.6) is 0 Å². The van der Waals surface area contributed by atoms with Crippen LogP contribution in [0.1, 0.15) is 33.1 Å². The second-order valence-corrected chi connectivity index (χ2v) is 6.92. The van der Waals surface area contributed by atoms with Gasteiger partial charge in [-0.25, -0.2) is 4.79 Å². The van der Waals surface area contributed by atoms with E-state index in [1.165, 1.54) is 0 Å². The molecule has 3 aromatic rings.